The number of thiophene rings is 1. The molecule has 3 fully saturated rings. The minimum absolute atomic E-state index is 0.121. The Morgan fingerprint density at radius 1 is 1.28 bits per heavy atom. The van der Waals surface area contributed by atoms with Gasteiger partial charge in [0, 0.05) is 38.8 Å². The highest BCUT2D eigenvalue weighted by Gasteiger charge is 2.43. The van der Waals surface area contributed by atoms with Gasteiger partial charge < -0.3 is 14.7 Å². The lowest BCUT2D eigenvalue weighted by atomic mass is 9.89. The van der Waals surface area contributed by atoms with Crippen LogP contribution in [-0.2, 0) is 20.9 Å². The molecule has 0 bridgehead atoms. The molecule has 0 aliphatic carbocycles. The van der Waals surface area contributed by atoms with Gasteiger partial charge in [-0.25, -0.2) is 4.79 Å². The van der Waals surface area contributed by atoms with E-state index in [0.717, 1.165) is 45.6 Å². The van der Waals surface area contributed by atoms with Crippen molar-refractivity contribution in [2.75, 3.05) is 26.2 Å². The van der Waals surface area contributed by atoms with Gasteiger partial charge in [0.25, 0.3) is 0 Å². The number of ether oxygens (including phenoxy) is 1. The highest BCUT2D eigenvalue weighted by molar-refractivity contribution is 7.07. The molecule has 6 nitrogen and oxygen atoms in total. The summed E-state index contributed by atoms with van der Waals surface area (Å²) in [5.41, 5.74) is 1.37. The normalized spacial score (nSPS) is 27.3. The Morgan fingerprint density at radius 3 is 2.55 bits per heavy atom. The van der Waals surface area contributed by atoms with E-state index in [9.17, 15) is 18.0 Å². The number of alkyl halides is 3. The van der Waals surface area contributed by atoms with Gasteiger partial charge in [0.05, 0.1) is 12.0 Å². The van der Waals surface area contributed by atoms with Crippen LogP contribution in [0.1, 0.15) is 31.2 Å². The van der Waals surface area contributed by atoms with E-state index in [-0.39, 0.29) is 12.0 Å². The predicted octanol–water partition coefficient (Wildman–Crippen LogP) is 2.98. The molecule has 1 amide bonds. The second-order valence-electron chi connectivity index (χ2n) is 7.59. The Labute approximate surface area is 171 Å². The minimum atomic E-state index is -5.08. The number of piperidine rings is 1. The topological polar surface area (TPSA) is 70.1 Å². The maximum atomic E-state index is 12.8. The summed E-state index contributed by atoms with van der Waals surface area (Å²) in [7, 11) is 0. The standard InChI is InChI=1S/C17H24N2O2S.C2HF3O2/c20-17(18-5-1-2-6-18)14-9-16-15(3-7-21-16)19(11-14)10-13-4-8-22-12-13;3-2(4,5)1(6)7/h4,8,12,14-16H,1-3,5-7,9-11H2;(H,6,7)/t14-,15+,16+;/m0./s1. The van der Waals surface area contributed by atoms with Gasteiger partial charge in [0.1, 0.15) is 0 Å². The number of carbonyl (C=O) groups excluding carboxylic acids is 1. The summed E-state index contributed by atoms with van der Waals surface area (Å²) in [4.78, 5) is 26.3. The molecule has 3 saturated heterocycles. The molecular weight excluding hydrogens is 409 g/mol. The first-order valence-corrected chi connectivity index (χ1v) is 10.7. The van der Waals surface area contributed by atoms with Gasteiger partial charge in [-0.1, -0.05) is 0 Å². The highest BCUT2D eigenvalue weighted by Crippen LogP contribution is 2.33. The van der Waals surface area contributed by atoms with E-state index in [4.69, 9.17) is 14.6 Å². The smallest absolute Gasteiger partial charge is 0.475 e. The second-order valence-corrected chi connectivity index (χ2v) is 8.37. The average molecular weight is 434 g/mol. The van der Waals surface area contributed by atoms with Crippen LogP contribution < -0.4 is 0 Å². The zero-order valence-corrected chi connectivity index (χ0v) is 16.8. The monoisotopic (exact) mass is 434 g/mol. The number of carboxylic acids is 1. The average Bonchev–Trinajstić information content (AvgIpc) is 3.42. The lowest BCUT2D eigenvalue weighted by Gasteiger charge is -2.41. The van der Waals surface area contributed by atoms with E-state index in [1.165, 1.54) is 18.4 Å². The van der Waals surface area contributed by atoms with Crippen molar-refractivity contribution in [3.63, 3.8) is 0 Å². The van der Waals surface area contributed by atoms with Crippen LogP contribution in [0.25, 0.3) is 0 Å². The van der Waals surface area contributed by atoms with E-state index in [1.54, 1.807) is 11.3 Å². The molecule has 0 spiro atoms. The van der Waals surface area contributed by atoms with Crippen LogP contribution in [0.5, 0.6) is 0 Å². The molecule has 3 aliphatic rings. The second kappa shape index (κ2) is 9.44. The zero-order chi connectivity index (χ0) is 21.0. The third-order valence-corrected chi connectivity index (χ3v) is 6.32. The first-order chi connectivity index (χ1) is 13.8. The number of halogens is 3. The Kier molecular flexibility index (Phi) is 7.18. The Hall–Kier alpha value is -1.65. The van der Waals surface area contributed by atoms with E-state index < -0.39 is 12.1 Å². The highest BCUT2D eigenvalue weighted by atomic mass is 32.1. The van der Waals surface area contributed by atoms with Crippen molar-refractivity contribution >= 4 is 23.2 Å². The fourth-order valence-electron chi connectivity index (χ4n) is 4.23. The number of rotatable bonds is 3. The van der Waals surface area contributed by atoms with E-state index >= 15 is 0 Å². The largest absolute Gasteiger partial charge is 0.490 e. The fraction of sp³-hybridized carbons (Fsp3) is 0.684. The number of carboxylic acid groups (broad SMARTS) is 1. The quantitative estimate of drug-likeness (QED) is 0.792. The molecule has 4 heterocycles. The molecule has 0 unspecified atom stereocenters. The molecule has 29 heavy (non-hydrogen) atoms. The van der Waals surface area contributed by atoms with Crippen molar-refractivity contribution in [1.29, 1.82) is 0 Å². The number of amides is 1. The summed E-state index contributed by atoms with van der Waals surface area (Å²) in [6.07, 6.45) is -0.470. The molecule has 0 saturated carbocycles. The van der Waals surface area contributed by atoms with Crippen LogP contribution in [-0.4, -0.2) is 71.3 Å². The van der Waals surface area contributed by atoms with Crippen molar-refractivity contribution in [3.05, 3.63) is 22.4 Å². The van der Waals surface area contributed by atoms with Crippen molar-refractivity contribution in [3.8, 4) is 0 Å². The molecule has 1 aromatic rings. The van der Waals surface area contributed by atoms with E-state index in [2.05, 4.69) is 26.6 Å². The number of hydrogen-bond acceptors (Lipinski definition) is 5. The summed E-state index contributed by atoms with van der Waals surface area (Å²) < 4.78 is 37.7. The van der Waals surface area contributed by atoms with Crippen molar-refractivity contribution in [1.82, 2.24) is 9.80 Å². The fourth-order valence-corrected chi connectivity index (χ4v) is 4.89. The van der Waals surface area contributed by atoms with Crippen LogP contribution in [0.3, 0.4) is 0 Å². The summed E-state index contributed by atoms with van der Waals surface area (Å²) in [5, 5.41) is 11.5. The van der Waals surface area contributed by atoms with Crippen molar-refractivity contribution < 1.29 is 32.6 Å². The number of likely N-dealkylation sites (tertiary alicyclic amines) is 2. The van der Waals surface area contributed by atoms with Gasteiger partial charge in [-0.2, -0.15) is 24.5 Å². The molecule has 3 atom stereocenters. The molecule has 0 aromatic carbocycles. The molecule has 3 aliphatic heterocycles. The Balaban J connectivity index is 0.000000298. The first kappa shape index (κ1) is 22.0. The van der Waals surface area contributed by atoms with Crippen molar-refractivity contribution in [2.45, 2.75) is 50.6 Å². The van der Waals surface area contributed by atoms with Crippen LogP contribution >= 0.6 is 11.3 Å². The van der Waals surface area contributed by atoms with Crippen LogP contribution in [0.2, 0.25) is 0 Å². The SMILES string of the molecule is O=C(O)C(F)(F)F.O=C([C@H]1C[C@H]2OCC[C@H]2N(Cc2ccsc2)C1)N1CCCC1. The van der Waals surface area contributed by atoms with Gasteiger partial charge in [-0.15, -0.1) is 0 Å². The number of carbonyl (C=O) groups is 2. The minimum Gasteiger partial charge on any atom is -0.475 e. The molecular formula is C19H25F3N2O4S. The molecule has 1 N–H and O–H groups in total. The van der Waals surface area contributed by atoms with Crippen LogP contribution in [0.4, 0.5) is 13.2 Å². The number of aliphatic carboxylic acids is 1. The van der Waals surface area contributed by atoms with Crippen LogP contribution in [0, 0.1) is 5.92 Å². The summed E-state index contributed by atoms with van der Waals surface area (Å²) >= 11 is 1.75. The molecule has 1 aromatic heterocycles. The Morgan fingerprint density at radius 2 is 1.97 bits per heavy atom. The lowest BCUT2D eigenvalue weighted by molar-refractivity contribution is -0.192. The van der Waals surface area contributed by atoms with Gasteiger partial charge in [-0.3, -0.25) is 9.69 Å². The molecule has 10 heteroatoms. The number of fused-ring (bicyclic) bond motifs is 1. The third kappa shape index (κ3) is 5.70. The molecule has 162 valence electrons. The Bertz CT molecular complexity index is 692. The maximum Gasteiger partial charge on any atom is 0.490 e. The molecule has 4 rings (SSSR count). The summed E-state index contributed by atoms with van der Waals surface area (Å²) in [6.45, 7) is 4.61. The van der Waals surface area contributed by atoms with E-state index in [1.807, 2.05) is 0 Å². The van der Waals surface area contributed by atoms with E-state index in [0.29, 0.717) is 11.9 Å². The molecule has 0 radical (unpaired) electrons. The van der Waals surface area contributed by atoms with Crippen LogP contribution in [0.15, 0.2) is 16.8 Å². The first-order valence-electron chi connectivity index (χ1n) is 9.71. The van der Waals surface area contributed by atoms with Crippen molar-refractivity contribution in [2.24, 2.45) is 5.92 Å². The van der Waals surface area contributed by atoms with Gasteiger partial charge in [0.15, 0.2) is 0 Å². The number of nitrogens with zero attached hydrogens (tertiary/aromatic N) is 2. The third-order valence-electron chi connectivity index (χ3n) is 5.59. The summed E-state index contributed by atoms with van der Waals surface area (Å²) in [6, 6.07) is 2.70. The maximum absolute atomic E-state index is 12.8. The zero-order valence-electron chi connectivity index (χ0n) is 15.9. The van der Waals surface area contributed by atoms with Gasteiger partial charge in [-0.05, 0) is 48.1 Å². The lowest BCUT2D eigenvalue weighted by Crippen LogP contribution is -2.52. The van der Waals surface area contributed by atoms with Gasteiger partial charge >= 0.3 is 12.1 Å². The predicted molar refractivity (Wildman–Crippen MR) is 100 cm³/mol. The number of hydrogen-bond donors (Lipinski definition) is 1. The van der Waals surface area contributed by atoms with Gasteiger partial charge in [0.2, 0.25) is 5.91 Å². The summed E-state index contributed by atoms with van der Waals surface area (Å²) in [5.74, 6) is -2.27.